The molecule has 0 radical (unpaired) electrons. The van der Waals surface area contributed by atoms with Crippen molar-refractivity contribution in [3.8, 4) is 11.1 Å². The fraction of sp³-hybridized carbons (Fsp3) is 0.453. The first-order valence-corrected chi connectivity index (χ1v) is 33.8. The maximum atomic E-state index is 14.3. The van der Waals surface area contributed by atoms with Gasteiger partial charge in [0.05, 0.1) is 36.1 Å². The molecule has 2 N–H and O–H groups in total. The molecular weight excluding hydrogens is 1380 g/mol. The number of nitrogens with zero attached hydrogens (tertiary/aromatic N) is 6. The van der Waals surface area contributed by atoms with Crippen LogP contribution in [-0.4, -0.2) is 184 Å². The first-order chi connectivity index (χ1) is 47.0. The van der Waals surface area contributed by atoms with Crippen molar-refractivity contribution in [2.24, 2.45) is 0 Å². The number of halogens is 10. The van der Waals surface area contributed by atoms with Crippen molar-refractivity contribution < 1.29 is 68.9 Å². The van der Waals surface area contributed by atoms with Gasteiger partial charge in [0.15, 0.2) is 0 Å². The topological polar surface area (TPSA) is 157 Å². The molecule has 548 valence electrons. The average Bonchev–Trinajstić information content (AvgIpc) is 1.62. The number of carbonyl (C=O) groups excluding carboxylic acids is 5. The summed E-state index contributed by atoms with van der Waals surface area (Å²) in [5, 5.41) is 6.35. The molecule has 26 heteroatoms. The van der Waals surface area contributed by atoms with Crippen molar-refractivity contribution in [3.05, 3.63) is 190 Å². The van der Waals surface area contributed by atoms with E-state index in [4.69, 9.17) is 14.2 Å². The van der Waals surface area contributed by atoms with E-state index in [-0.39, 0.29) is 106 Å². The molecule has 101 heavy (non-hydrogen) atoms. The normalized spacial score (nSPS) is 17.7. The van der Waals surface area contributed by atoms with Crippen LogP contribution in [0.3, 0.4) is 0 Å². The van der Waals surface area contributed by atoms with Crippen molar-refractivity contribution in [2.45, 2.75) is 106 Å². The number of benzene rings is 6. The van der Waals surface area contributed by atoms with E-state index in [9.17, 15) is 54.7 Å². The van der Waals surface area contributed by atoms with E-state index in [1.54, 1.807) is 40.9 Å². The Kier molecular flexibility index (Phi) is 29.3. The van der Waals surface area contributed by atoms with Gasteiger partial charge in [-0.1, -0.05) is 91.3 Å². The number of alkyl halides is 6. The fourth-order valence-corrected chi connectivity index (χ4v) is 13.9. The average molecular weight is 1470 g/mol. The molecule has 0 unspecified atom stereocenters. The summed E-state index contributed by atoms with van der Waals surface area (Å²) < 4.78 is 116. The standard InChI is InChI=1S/C75H87F7N8O8.3ClH/c1-85(36-14-37-87(3)69(93)54-22-28-61(29-23-54)83-35-13-5-8-21-67(91)86(2)43-44-88-38-30-62(31-39-88)98-71(95)84-65-20-12-10-18-63(65)53-15-6-4-7-16-53)68(92)51-96-66-49-55-17-9-11-19-64(55)72(66)32-40-89(41-33-72)42-34-73(57-24-26-60(76)27-25-57)52-90(45-46-97-73)70(94)56-47-58(74(77,78)79)50-59(48-56)75(80,81)82;;;/h4,6-7,9-12,15-20,22-29,47-48,50,62,66,83H,5,8,13-14,21,30-46,49,51-52H2,1-3H3,(H,84,95);3*1H/t66-,73+;;;/m0.../s1. The molecule has 0 aromatic heterocycles. The number of unbranched alkanes of at least 4 members (excludes halogenated alkanes) is 2. The number of anilines is 2. The molecule has 0 saturated carbocycles. The number of nitrogens with one attached hydrogen (secondary N) is 2. The Balaban J connectivity index is 0.00000477. The highest BCUT2D eigenvalue weighted by Gasteiger charge is 2.50. The van der Waals surface area contributed by atoms with E-state index in [1.165, 1.54) is 29.2 Å². The molecule has 6 aromatic carbocycles. The molecule has 1 aliphatic carbocycles. The largest absolute Gasteiger partial charge is 0.446 e. The molecule has 0 bridgehead atoms. The number of morpholine rings is 1. The van der Waals surface area contributed by atoms with Gasteiger partial charge in [-0.25, -0.2) is 9.18 Å². The fourth-order valence-electron chi connectivity index (χ4n) is 13.9. The van der Waals surface area contributed by atoms with Crippen molar-refractivity contribution in [1.82, 2.24) is 29.4 Å². The lowest BCUT2D eigenvalue weighted by Crippen LogP contribution is -2.54. The van der Waals surface area contributed by atoms with E-state index in [2.05, 4.69) is 32.6 Å². The Bertz CT molecular complexity index is 3670. The number of para-hydroxylation sites is 1. The van der Waals surface area contributed by atoms with Gasteiger partial charge in [-0.05, 0) is 154 Å². The SMILES string of the molecule is CN(CCN1CCC(OC(=O)Nc2ccccc2-c2ccccc2)CC1)C(=O)CCCCCNc1ccc(C(=O)N(C)CCCN(C)C(=O)CO[C@H]2Cc3ccccc3C23CCN(CC[C@]2(c4ccc(F)cc4)CN(C(=O)c4cc(C(F)(F)F)cc(C(F)(F)F)c4)CCO2)CC3)cc1.Cl.Cl.Cl. The molecule has 3 saturated heterocycles. The molecule has 1 spiro atoms. The molecule has 3 aliphatic heterocycles. The number of fused-ring (bicyclic) bond motifs is 2. The van der Waals surface area contributed by atoms with Crippen LogP contribution in [0.1, 0.15) is 113 Å². The minimum Gasteiger partial charge on any atom is -0.446 e. The molecule has 2 atom stereocenters. The molecular formula is C75H90Cl3F7N8O8. The second-order valence-corrected chi connectivity index (χ2v) is 26.3. The minimum absolute atomic E-state index is 0. The molecule has 6 aromatic rings. The van der Waals surface area contributed by atoms with Gasteiger partial charge in [-0.2, -0.15) is 26.3 Å². The lowest BCUT2D eigenvalue weighted by atomic mass is 9.72. The number of likely N-dealkylation sites (tertiary alicyclic amines) is 2. The summed E-state index contributed by atoms with van der Waals surface area (Å²) in [4.78, 5) is 77.7. The van der Waals surface area contributed by atoms with Crippen molar-refractivity contribution in [2.75, 3.05) is 124 Å². The first-order valence-electron chi connectivity index (χ1n) is 33.8. The van der Waals surface area contributed by atoms with Crippen LogP contribution in [0.2, 0.25) is 0 Å². The van der Waals surface area contributed by atoms with E-state index in [0.29, 0.717) is 107 Å². The third kappa shape index (κ3) is 21.1. The molecule has 4 aliphatic rings. The second kappa shape index (κ2) is 36.6. The Morgan fingerprint density at radius 2 is 1.26 bits per heavy atom. The van der Waals surface area contributed by atoms with Crippen LogP contribution in [0.5, 0.6) is 0 Å². The van der Waals surface area contributed by atoms with Gasteiger partial charge < -0.3 is 48.9 Å². The van der Waals surface area contributed by atoms with Crippen LogP contribution >= 0.6 is 37.2 Å². The number of ether oxygens (including phenoxy) is 3. The van der Waals surface area contributed by atoms with Crippen molar-refractivity contribution >= 4 is 78.3 Å². The number of likely N-dealkylation sites (N-methyl/N-ethyl adjacent to an activating group) is 2. The van der Waals surface area contributed by atoms with Gasteiger partial charge in [0.25, 0.3) is 11.8 Å². The van der Waals surface area contributed by atoms with Crippen molar-refractivity contribution in [3.63, 3.8) is 0 Å². The molecule has 10 rings (SSSR count). The van der Waals surface area contributed by atoms with E-state index in [0.717, 1.165) is 79.7 Å². The number of carbonyl (C=O) groups is 5. The Morgan fingerprint density at radius 3 is 1.94 bits per heavy atom. The third-order valence-electron chi connectivity index (χ3n) is 19.8. The van der Waals surface area contributed by atoms with Gasteiger partial charge in [-0.15, -0.1) is 37.2 Å². The van der Waals surface area contributed by atoms with Crippen LogP contribution in [0.4, 0.5) is 46.9 Å². The van der Waals surface area contributed by atoms with Gasteiger partial charge >= 0.3 is 18.4 Å². The molecule has 5 amide bonds. The van der Waals surface area contributed by atoms with Crippen LogP contribution in [0, 0.1) is 5.82 Å². The maximum Gasteiger partial charge on any atom is 0.416 e. The monoisotopic (exact) mass is 1470 g/mol. The Morgan fingerprint density at radius 1 is 0.634 bits per heavy atom. The maximum absolute atomic E-state index is 14.3. The van der Waals surface area contributed by atoms with Crippen LogP contribution < -0.4 is 10.6 Å². The van der Waals surface area contributed by atoms with Crippen LogP contribution in [-0.2, 0) is 53.6 Å². The Hall–Kier alpha value is -7.51. The van der Waals surface area contributed by atoms with E-state index < -0.39 is 57.9 Å². The molecule has 3 fully saturated rings. The van der Waals surface area contributed by atoms with Gasteiger partial charge in [0.1, 0.15) is 24.1 Å². The highest BCUT2D eigenvalue weighted by Crippen LogP contribution is 2.48. The number of rotatable bonds is 26. The summed E-state index contributed by atoms with van der Waals surface area (Å²) in [6.45, 7) is 5.57. The lowest BCUT2D eigenvalue weighted by Gasteiger charge is -2.46. The van der Waals surface area contributed by atoms with Crippen LogP contribution in [0.25, 0.3) is 11.1 Å². The highest BCUT2D eigenvalue weighted by atomic mass is 35.5. The van der Waals surface area contributed by atoms with Gasteiger partial charge in [-0.3, -0.25) is 24.5 Å². The predicted molar refractivity (Wildman–Crippen MR) is 382 cm³/mol. The summed E-state index contributed by atoms with van der Waals surface area (Å²) in [6.07, 6.45) is -4.02. The lowest BCUT2D eigenvalue weighted by molar-refractivity contribution is -0.143. The summed E-state index contributed by atoms with van der Waals surface area (Å²) in [7, 11) is 5.31. The number of hydrogen-bond acceptors (Lipinski definition) is 11. The number of hydrogen-bond donors (Lipinski definition) is 2. The van der Waals surface area contributed by atoms with E-state index >= 15 is 0 Å². The number of amides is 5. The summed E-state index contributed by atoms with van der Waals surface area (Å²) in [5.41, 5.74) is 1.23. The minimum atomic E-state index is -5.14. The quantitative estimate of drug-likeness (QED) is 0.0394. The second-order valence-electron chi connectivity index (χ2n) is 26.3. The summed E-state index contributed by atoms with van der Waals surface area (Å²) >= 11 is 0. The predicted octanol–water partition coefficient (Wildman–Crippen LogP) is 14.3. The summed E-state index contributed by atoms with van der Waals surface area (Å²) in [6, 6.07) is 39.4. The highest BCUT2D eigenvalue weighted by molar-refractivity contribution is 5.95. The van der Waals surface area contributed by atoms with Gasteiger partial charge in [0.2, 0.25) is 11.8 Å². The zero-order chi connectivity index (χ0) is 69.6. The number of piperidine rings is 2. The zero-order valence-electron chi connectivity index (χ0n) is 57.0. The van der Waals surface area contributed by atoms with E-state index in [1.807, 2.05) is 85.9 Å². The first kappa shape index (κ1) is 80.8. The summed E-state index contributed by atoms with van der Waals surface area (Å²) in [5.74, 6) is -1.77. The smallest absolute Gasteiger partial charge is 0.416 e. The van der Waals surface area contributed by atoms with Crippen molar-refractivity contribution in [1.29, 1.82) is 0 Å². The Labute approximate surface area is 604 Å². The molecule has 16 nitrogen and oxygen atoms in total. The third-order valence-corrected chi connectivity index (χ3v) is 19.8. The van der Waals surface area contributed by atoms with Gasteiger partial charge in [0, 0.05) is 114 Å². The van der Waals surface area contributed by atoms with Crippen LogP contribution in [0.15, 0.2) is 146 Å². The molecule has 3 heterocycles. The zero-order valence-corrected chi connectivity index (χ0v) is 59.5.